The van der Waals surface area contributed by atoms with Crippen molar-refractivity contribution < 1.29 is 31.0 Å². The van der Waals surface area contributed by atoms with Crippen LogP contribution in [-0.4, -0.2) is 31.0 Å². The lowest BCUT2D eigenvalue weighted by Crippen LogP contribution is -2.00. The fraction of sp³-hybridized carbons (Fsp3) is 0.158. The first-order chi connectivity index (χ1) is 13.9. The maximum Gasteiger partial charge on any atom is 0.296 e. The van der Waals surface area contributed by atoms with Gasteiger partial charge in [0.15, 0.2) is 5.75 Å². The highest BCUT2D eigenvalue weighted by Gasteiger charge is 2.23. The van der Waals surface area contributed by atoms with E-state index in [4.69, 9.17) is 0 Å². The van der Waals surface area contributed by atoms with Gasteiger partial charge in [-0.25, -0.2) is 0 Å². The van der Waals surface area contributed by atoms with E-state index in [0.29, 0.717) is 11.6 Å². The summed E-state index contributed by atoms with van der Waals surface area (Å²) < 4.78 is 65.1. The standard InChI is InChI=1S/C19H18N2O7S2/c1-11(2)12-3-5-14(6-4-12)20-21-18-17(30(26,27)28)10-13-9-15(29(23,24)25)7-8-16(13)19(18)22/h3-11,22H,1-2H3,(H,23,24,25)(H,26,27,28). The molecule has 3 rings (SSSR count). The fourth-order valence-corrected chi connectivity index (χ4v) is 3.99. The molecule has 0 fully saturated rings. The highest BCUT2D eigenvalue weighted by molar-refractivity contribution is 7.86. The monoisotopic (exact) mass is 450 g/mol. The second-order valence-electron chi connectivity index (χ2n) is 6.85. The van der Waals surface area contributed by atoms with Crippen LogP contribution in [0.1, 0.15) is 25.3 Å². The van der Waals surface area contributed by atoms with Gasteiger partial charge in [0.25, 0.3) is 20.2 Å². The van der Waals surface area contributed by atoms with Crippen LogP contribution < -0.4 is 0 Å². The molecule has 0 aliphatic heterocycles. The first-order valence-corrected chi connectivity index (χ1v) is 11.5. The molecular weight excluding hydrogens is 432 g/mol. The number of azo groups is 1. The fourth-order valence-electron chi connectivity index (χ4n) is 2.82. The quantitative estimate of drug-likeness (QED) is 0.380. The Morgan fingerprint density at radius 2 is 1.47 bits per heavy atom. The van der Waals surface area contributed by atoms with Crippen molar-refractivity contribution in [3.63, 3.8) is 0 Å². The molecule has 0 aliphatic rings. The number of aromatic hydroxyl groups is 1. The number of rotatable bonds is 5. The molecule has 3 aromatic carbocycles. The Bertz CT molecular complexity index is 1360. The van der Waals surface area contributed by atoms with Gasteiger partial charge in [-0.15, -0.1) is 5.11 Å². The van der Waals surface area contributed by atoms with Crippen LogP contribution in [0.5, 0.6) is 5.75 Å². The van der Waals surface area contributed by atoms with E-state index in [1.54, 1.807) is 12.1 Å². The summed E-state index contributed by atoms with van der Waals surface area (Å²) in [5.41, 5.74) is 0.954. The molecule has 158 valence electrons. The third kappa shape index (κ3) is 4.49. The SMILES string of the molecule is CC(C)c1ccc(N=Nc2c(S(=O)(=O)O)cc3cc(S(=O)(=O)O)ccc3c2O)cc1. The van der Waals surface area contributed by atoms with Crippen LogP contribution in [0.4, 0.5) is 11.4 Å². The lowest BCUT2D eigenvalue weighted by Gasteiger charge is -2.09. The molecule has 11 heteroatoms. The van der Waals surface area contributed by atoms with E-state index in [-0.39, 0.29) is 10.8 Å². The van der Waals surface area contributed by atoms with Crippen molar-refractivity contribution in [2.24, 2.45) is 10.2 Å². The van der Waals surface area contributed by atoms with Crippen molar-refractivity contribution in [2.75, 3.05) is 0 Å². The van der Waals surface area contributed by atoms with Crippen LogP contribution in [-0.2, 0) is 20.2 Å². The Kier molecular flexibility index (Phi) is 5.65. The first kappa shape index (κ1) is 21.8. The molecule has 0 heterocycles. The van der Waals surface area contributed by atoms with E-state index in [9.17, 15) is 31.0 Å². The van der Waals surface area contributed by atoms with Crippen LogP contribution in [0, 0.1) is 0 Å². The molecular formula is C19H18N2O7S2. The summed E-state index contributed by atoms with van der Waals surface area (Å²) in [6.45, 7) is 4.05. The second kappa shape index (κ2) is 7.76. The van der Waals surface area contributed by atoms with Gasteiger partial charge >= 0.3 is 0 Å². The second-order valence-corrected chi connectivity index (χ2v) is 9.66. The topological polar surface area (TPSA) is 154 Å². The zero-order chi connectivity index (χ0) is 22.3. The predicted octanol–water partition coefficient (Wildman–Crippen LogP) is 4.58. The van der Waals surface area contributed by atoms with E-state index < -0.39 is 41.5 Å². The largest absolute Gasteiger partial charge is 0.505 e. The number of phenolic OH excluding ortho intramolecular Hbond substituents is 1. The lowest BCUT2D eigenvalue weighted by atomic mass is 10.0. The summed E-state index contributed by atoms with van der Waals surface area (Å²) in [6, 6.07) is 11.1. The lowest BCUT2D eigenvalue weighted by molar-refractivity contribution is 0.472. The van der Waals surface area contributed by atoms with Gasteiger partial charge in [0.1, 0.15) is 10.6 Å². The van der Waals surface area contributed by atoms with Gasteiger partial charge in [0.05, 0.1) is 10.6 Å². The molecule has 0 bridgehead atoms. The van der Waals surface area contributed by atoms with Gasteiger partial charge in [-0.3, -0.25) is 9.11 Å². The van der Waals surface area contributed by atoms with E-state index in [1.807, 2.05) is 26.0 Å². The Morgan fingerprint density at radius 1 is 0.833 bits per heavy atom. The minimum atomic E-state index is -4.84. The summed E-state index contributed by atoms with van der Waals surface area (Å²) >= 11 is 0. The third-order valence-corrected chi connectivity index (χ3v) is 6.14. The molecule has 0 spiro atoms. The summed E-state index contributed by atoms with van der Waals surface area (Å²) in [7, 11) is -9.40. The van der Waals surface area contributed by atoms with Crippen molar-refractivity contribution in [1.82, 2.24) is 0 Å². The zero-order valence-electron chi connectivity index (χ0n) is 15.9. The van der Waals surface area contributed by atoms with Crippen LogP contribution >= 0.6 is 0 Å². The maximum atomic E-state index is 11.8. The molecule has 0 atom stereocenters. The number of nitrogens with zero attached hydrogens (tertiary/aromatic N) is 2. The molecule has 0 amide bonds. The minimum absolute atomic E-state index is 0.0458. The van der Waals surface area contributed by atoms with Crippen molar-refractivity contribution in [1.29, 1.82) is 0 Å². The normalized spacial score (nSPS) is 12.8. The van der Waals surface area contributed by atoms with Gasteiger partial charge < -0.3 is 5.11 Å². The number of fused-ring (bicyclic) bond motifs is 1. The highest BCUT2D eigenvalue weighted by Crippen LogP contribution is 2.41. The van der Waals surface area contributed by atoms with Gasteiger partial charge in [-0.1, -0.05) is 26.0 Å². The average molecular weight is 450 g/mol. The molecule has 0 saturated heterocycles. The summed E-state index contributed by atoms with van der Waals surface area (Å²) in [6.07, 6.45) is 0. The van der Waals surface area contributed by atoms with Crippen molar-refractivity contribution in [3.05, 3.63) is 54.1 Å². The van der Waals surface area contributed by atoms with Crippen LogP contribution in [0.3, 0.4) is 0 Å². The Morgan fingerprint density at radius 3 is 2.00 bits per heavy atom. The van der Waals surface area contributed by atoms with Crippen LogP contribution in [0.2, 0.25) is 0 Å². The molecule has 3 N–H and O–H groups in total. The van der Waals surface area contributed by atoms with Gasteiger partial charge in [0.2, 0.25) is 0 Å². The summed E-state index contributed by atoms with van der Waals surface area (Å²) in [4.78, 5) is -1.27. The summed E-state index contributed by atoms with van der Waals surface area (Å²) in [5, 5.41) is 18.3. The number of phenols is 1. The Hall–Kier alpha value is -2.86. The first-order valence-electron chi connectivity index (χ1n) is 8.64. The Labute approximate surface area is 173 Å². The Balaban J connectivity index is 2.18. The van der Waals surface area contributed by atoms with Gasteiger partial charge in [0, 0.05) is 5.39 Å². The molecule has 3 aromatic rings. The zero-order valence-corrected chi connectivity index (χ0v) is 17.5. The molecule has 0 saturated carbocycles. The van der Waals surface area contributed by atoms with Gasteiger partial charge in [-0.2, -0.15) is 21.9 Å². The maximum absolute atomic E-state index is 11.8. The number of benzene rings is 3. The van der Waals surface area contributed by atoms with Crippen molar-refractivity contribution >= 4 is 42.4 Å². The van der Waals surface area contributed by atoms with E-state index in [1.165, 1.54) is 6.07 Å². The smallest absolute Gasteiger partial charge is 0.296 e. The molecule has 9 nitrogen and oxygen atoms in total. The van der Waals surface area contributed by atoms with Crippen molar-refractivity contribution in [2.45, 2.75) is 29.6 Å². The molecule has 0 aromatic heterocycles. The molecule has 30 heavy (non-hydrogen) atoms. The molecule has 0 aliphatic carbocycles. The minimum Gasteiger partial charge on any atom is -0.505 e. The average Bonchev–Trinajstić information content (AvgIpc) is 2.65. The summed E-state index contributed by atoms with van der Waals surface area (Å²) in [5.74, 6) is -0.316. The molecule has 0 unspecified atom stereocenters. The predicted molar refractivity (Wildman–Crippen MR) is 110 cm³/mol. The van der Waals surface area contributed by atoms with Crippen LogP contribution in [0.15, 0.2) is 68.6 Å². The van der Waals surface area contributed by atoms with Gasteiger partial charge in [-0.05, 0) is 53.3 Å². The molecule has 0 radical (unpaired) electrons. The third-order valence-electron chi connectivity index (χ3n) is 4.42. The van der Waals surface area contributed by atoms with E-state index in [0.717, 1.165) is 23.8 Å². The number of hydrogen-bond acceptors (Lipinski definition) is 7. The van der Waals surface area contributed by atoms with Crippen molar-refractivity contribution in [3.8, 4) is 5.75 Å². The van der Waals surface area contributed by atoms with Crippen LogP contribution in [0.25, 0.3) is 10.8 Å². The highest BCUT2D eigenvalue weighted by atomic mass is 32.2. The van der Waals surface area contributed by atoms with E-state index in [2.05, 4.69) is 10.2 Å². The van der Waals surface area contributed by atoms with E-state index >= 15 is 0 Å². The number of hydrogen-bond donors (Lipinski definition) is 3.